The summed E-state index contributed by atoms with van der Waals surface area (Å²) >= 11 is 0. The van der Waals surface area contributed by atoms with E-state index >= 15 is 0 Å². The fourth-order valence-corrected chi connectivity index (χ4v) is 3.66. The molecule has 3 heteroatoms. The Kier molecular flexibility index (Phi) is 3.43. The van der Waals surface area contributed by atoms with Crippen LogP contribution in [0.3, 0.4) is 0 Å². The van der Waals surface area contributed by atoms with E-state index in [1.54, 1.807) is 0 Å². The Morgan fingerprint density at radius 3 is 2.41 bits per heavy atom. The van der Waals surface area contributed by atoms with Gasteiger partial charge >= 0.3 is 0 Å². The fourth-order valence-electron chi connectivity index (χ4n) is 3.66. The lowest BCUT2D eigenvalue weighted by molar-refractivity contribution is -0.0502. The number of hydrogen-bond acceptors (Lipinski definition) is 3. The minimum absolute atomic E-state index is 0.202. The van der Waals surface area contributed by atoms with Crippen LogP contribution in [-0.2, 0) is 4.84 Å². The van der Waals surface area contributed by atoms with Crippen molar-refractivity contribution in [3.63, 3.8) is 0 Å². The zero-order chi connectivity index (χ0) is 14.8. The summed E-state index contributed by atoms with van der Waals surface area (Å²) in [5, 5.41) is 0. The molecule has 2 aromatic rings. The molecule has 3 nitrogen and oxygen atoms in total. The van der Waals surface area contributed by atoms with Crippen molar-refractivity contribution in [2.45, 2.75) is 37.7 Å². The first-order valence-corrected chi connectivity index (χ1v) is 8.05. The second kappa shape index (κ2) is 5.58. The zero-order valence-electron chi connectivity index (χ0n) is 12.6. The number of rotatable bonds is 2. The highest BCUT2D eigenvalue weighted by Gasteiger charge is 2.44. The third-order valence-corrected chi connectivity index (χ3v) is 4.70. The van der Waals surface area contributed by atoms with Gasteiger partial charge in [-0.25, -0.2) is 0 Å². The lowest BCUT2D eigenvalue weighted by atomic mass is 9.76. The van der Waals surface area contributed by atoms with Gasteiger partial charge in [0, 0.05) is 11.8 Å². The van der Waals surface area contributed by atoms with E-state index in [1.165, 1.54) is 30.4 Å². The van der Waals surface area contributed by atoms with Crippen molar-refractivity contribution in [1.82, 2.24) is 10.5 Å². The molecule has 0 amide bonds. The zero-order valence-corrected chi connectivity index (χ0v) is 12.6. The number of nitrogens with zero attached hydrogens (tertiary/aromatic N) is 1. The van der Waals surface area contributed by atoms with Crippen molar-refractivity contribution in [2.24, 2.45) is 0 Å². The first-order chi connectivity index (χ1) is 10.9. The van der Waals surface area contributed by atoms with Gasteiger partial charge in [0.2, 0.25) is 0 Å². The number of aromatic nitrogens is 1. The summed E-state index contributed by atoms with van der Waals surface area (Å²) in [5.41, 5.74) is 7.47. The molecule has 0 saturated heterocycles. The average Bonchev–Trinajstić information content (AvgIpc) is 2.96. The van der Waals surface area contributed by atoms with Gasteiger partial charge in [-0.2, -0.15) is 0 Å². The van der Waals surface area contributed by atoms with E-state index in [0.29, 0.717) is 0 Å². The molecule has 2 heterocycles. The number of hydroxylamine groups is 1. The molecule has 1 spiro atoms. The van der Waals surface area contributed by atoms with Crippen LogP contribution < -0.4 is 5.48 Å². The maximum Gasteiger partial charge on any atom is 0.124 e. The molecule has 4 rings (SSSR count). The van der Waals surface area contributed by atoms with Gasteiger partial charge in [0.15, 0.2) is 0 Å². The Morgan fingerprint density at radius 2 is 1.68 bits per heavy atom. The van der Waals surface area contributed by atoms with Crippen LogP contribution in [-0.4, -0.2) is 10.6 Å². The predicted molar refractivity (Wildman–Crippen MR) is 87.5 cm³/mol. The normalized spacial score (nSPS) is 20.2. The van der Waals surface area contributed by atoms with Crippen LogP contribution in [0.25, 0.3) is 11.3 Å². The molecule has 1 fully saturated rings. The van der Waals surface area contributed by atoms with Crippen LogP contribution >= 0.6 is 0 Å². The van der Waals surface area contributed by atoms with E-state index in [-0.39, 0.29) is 5.60 Å². The Labute approximate surface area is 131 Å². The third kappa shape index (κ3) is 2.22. The topological polar surface area (TPSA) is 34.2 Å². The number of benzene rings is 1. The molecule has 2 aliphatic rings. The van der Waals surface area contributed by atoms with Crippen LogP contribution in [0, 0.1) is 0 Å². The van der Waals surface area contributed by atoms with E-state index in [0.717, 1.165) is 24.2 Å². The summed E-state index contributed by atoms with van der Waals surface area (Å²) in [6.07, 6.45) is 7.70. The summed E-state index contributed by atoms with van der Waals surface area (Å²) in [6, 6.07) is 16.6. The Morgan fingerprint density at radius 1 is 0.909 bits per heavy atom. The number of nitrogens with one attached hydrogen (secondary N) is 1. The van der Waals surface area contributed by atoms with E-state index < -0.39 is 0 Å². The predicted octanol–water partition coefficient (Wildman–Crippen LogP) is 4.19. The Bertz CT molecular complexity index is 673. The largest absolute Gasteiger partial charge is 0.265 e. The molecule has 1 saturated carbocycles. The van der Waals surface area contributed by atoms with Gasteiger partial charge in [-0.1, -0.05) is 55.7 Å². The van der Waals surface area contributed by atoms with Crippen molar-refractivity contribution in [3.05, 3.63) is 66.0 Å². The smallest absolute Gasteiger partial charge is 0.124 e. The van der Waals surface area contributed by atoms with E-state index in [1.807, 2.05) is 24.4 Å². The summed E-state index contributed by atoms with van der Waals surface area (Å²) in [5.74, 6) is 0. The van der Waals surface area contributed by atoms with Gasteiger partial charge in [-0.3, -0.25) is 15.3 Å². The molecular formula is C19H20N2O. The number of pyridine rings is 1. The second-order valence-corrected chi connectivity index (χ2v) is 6.09. The van der Waals surface area contributed by atoms with Gasteiger partial charge in [0.05, 0.1) is 11.4 Å². The monoisotopic (exact) mass is 292 g/mol. The summed E-state index contributed by atoms with van der Waals surface area (Å²) in [7, 11) is 0. The van der Waals surface area contributed by atoms with Gasteiger partial charge in [0.1, 0.15) is 5.60 Å². The molecule has 0 radical (unpaired) electrons. The molecule has 1 N–H and O–H groups in total. The van der Waals surface area contributed by atoms with Crippen LogP contribution in [0.15, 0.2) is 54.7 Å². The van der Waals surface area contributed by atoms with Gasteiger partial charge in [-0.05, 0) is 30.5 Å². The molecule has 1 aliphatic heterocycles. The van der Waals surface area contributed by atoms with E-state index in [4.69, 9.17) is 4.84 Å². The minimum atomic E-state index is -0.202. The quantitative estimate of drug-likeness (QED) is 0.901. The maximum atomic E-state index is 6.15. The molecule has 0 unspecified atom stereocenters. The maximum absolute atomic E-state index is 6.15. The first-order valence-electron chi connectivity index (χ1n) is 8.05. The first kappa shape index (κ1) is 13.5. The van der Waals surface area contributed by atoms with Crippen LogP contribution in [0.2, 0.25) is 0 Å². The highest BCUT2D eigenvalue weighted by molar-refractivity contribution is 5.94. The van der Waals surface area contributed by atoms with E-state index in [2.05, 4.69) is 40.8 Å². The standard InChI is InChI=1S/C19H20N2O/c1-3-9-15(10-4-1)17-18(16-11-5-8-14-20-16)21-22-19(17)12-6-2-7-13-19/h1,3-5,8-11,14,21H,2,6-7,12-13H2. The number of hydrogen-bond donors (Lipinski definition) is 1. The molecular weight excluding hydrogens is 272 g/mol. The van der Waals surface area contributed by atoms with Crippen LogP contribution in [0.1, 0.15) is 43.4 Å². The highest BCUT2D eigenvalue weighted by Crippen LogP contribution is 2.48. The Balaban J connectivity index is 1.88. The molecule has 1 aromatic carbocycles. The van der Waals surface area contributed by atoms with Crippen LogP contribution in [0.5, 0.6) is 0 Å². The van der Waals surface area contributed by atoms with E-state index in [9.17, 15) is 0 Å². The summed E-state index contributed by atoms with van der Waals surface area (Å²) in [4.78, 5) is 10.7. The molecule has 1 aromatic heterocycles. The SMILES string of the molecule is c1ccc(C2=C(c3ccccn3)NOC23CCCCC3)cc1. The second-order valence-electron chi connectivity index (χ2n) is 6.09. The molecule has 22 heavy (non-hydrogen) atoms. The molecule has 0 atom stereocenters. The molecule has 0 bridgehead atoms. The third-order valence-electron chi connectivity index (χ3n) is 4.70. The van der Waals surface area contributed by atoms with Gasteiger partial charge in [-0.15, -0.1) is 0 Å². The average molecular weight is 292 g/mol. The van der Waals surface area contributed by atoms with Crippen molar-refractivity contribution < 1.29 is 4.84 Å². The molecule has 1 aliphatic carbocycles. The summed E-state index contributed by atoms with van der Waals surface area (Å²) in [6.45, 7) is 0. The van der Waals surface area contributed by atoms with Crippen LogP contribution in [0.4, 0.5) is 0 Å². The van der Waals surface area contributed by atoms with Crippen molar-refractivity contribution >= 4 is 11.3 Å². The highest BCUT2D eigenvalue weighted by atomic mass is 16.7. The van der Waals surface area contributed by atoms with Crippen molar-refractivity contribution in [3.8, 4) is 0 Å². The lowest BCUT2D eigenvalue weighted by Gasteiger charge is -2.33. The van der Waals surface area contributed by atoms with Crippen molar-refractivity contribution in [2.75, 3.05) is 0 Å². The van der Waals surface area contributed by atoms with Gasteiger partial charge in [0.25, 0.3) is 0 Å². The van der Waals surface area contributed by atoms with Gasteiger partial charge < -0.3 is 0 Å². The summed E-state index contributed by atoms with van der Waals surface area (Å²) < 4.78 is 0. The lowest BCUT2D eigenvalue weighted by Crippen LogP contribution is -2.34. The minimum Gasteiger partial charge on any atom is -0.265 e. The molecule has 112 valence electrons. The fraction of sp³-hybridized carbons (Fsp3) is 0.316. The Hall–Kier alpha value is -2.13. The van der Waals surface area contributed by atoms with Crippen molar-refractivity contribution in [1.29, 1.82) is 0 Å².